The lowest BCUT2D eigenvalue weighted by molar-refractivity contribution is -0.136. The number of piperidine rings is 1. The van der Waals surface area contributed by atoms with Gasteiger partial charge >= 0.3 is 0 Å². The van der Waals surface area contributed by atoms with E-state index in [9.17, 15) is 14.4 Å². The van der Waals surface area contributed by atoms with E-state index in [0.717, 1.165) is 31.0 Å². The van der Waals surface area contributed by atoms with Gasteiger partial charge < -0.3 is 9.80 Å². The van der Waals surface area contributed by atoms with Crippen LogP contribution in [-0.4, -0.2) is 69.5 Å². The summed E-state index contributed by atoms with van der Waals surface area (Å²) in [5.74, 6) is -1.60. The summed E-state index contributed by atoms with van der Waals surface area (Å²) in [6, 6.07) is 14.3. The van der Waals surface area contributed by atoms with Crippen molar-refractivity contribution in [3.63, 3.8) is 0 Å². The van der Waals surface area contributed by atoms with Crippen LogP contribution in [0.4, 0.5) is 10.1 Å². The van der Waals surface area contributed by atoms with E-state index in [0.29, 0.717) is 29.9 Å². The smallest absolute Gasteiger partial charge is 0.255 e. The molecule has 3 aliphatic rings. The molecule has 1 unspecified atom stereocenters. The van der Waals surface area contributed by atoms with Crippen molar-refractivity contribution in [2.75, 3.05) is 31.1 Å². The van der Waals surface area contributed by atoms with Gasteiger partial charge in [-0.3, -0.25) is 24.6 Å². The normalized spacial score (nSPS) is 20.4. The van der Waals surface area contributed by atoms with Crippen LogP contribution in [0, 0.1) is 5.82 Å². The van der Waals surface area contributed by atoms with Gasteiger partial charge in [-0.15, -0.1) is 0 Å². The van der Waals surface area contributed by atoms with Crippen molar-refractivity contribution in [3.05, 3.63) is 77.4 Å². The van der Waals surface area contributed by atoms with Crippen LogP contribution in [0.5, 0.6) is 0 Å². The van der Waals surface area contributed by atoms with E-state index < -0.39 is 17.8 Å². The Morgan fingerprint density at radius 1 is 1.00 bits per heavy atom. The summed E-state index contributed by atoms with van der Waals surface area (Å²) in [7, 11) is 0. The number of fused-ring (bicyclic) bond motifs is 1. The zero-order valence-electron chi connectivity index (χ0n) is 20.3. The Kier molecular flexibility index (Phi) is 5.96. The summed E-state index contributed by atoms with van der Waals surface area (Å²) >= 11 is 0. The summed E-state index contributed by atoms with van der Waals surface area (Å²) in [5.41, 5.74) is 3.47. The van der Waals surface area contributed by atoms with Crippen molar-refractivity contribution in [3.8, 4) is 5.69 Å². The number of hydrogen-bond donors (Lipinski definition) is 1. The maximum Gasteiger partial charge on any atom is 0.255 e. The van der Waals surface area contributed by atoms with Crippen LogP contribution in [0.15, 0.2) is 54.7 Å². The van der Waals surface area contributed by atoms with E-state index in [4.69, 9.17) is 0 Å². The number of anilines is 1. The third-order valence-electron chi connectivity index (χ3n) is 7.35. The first kappa shape index (κ1) is 23.4. The van der Waals surface area contributed by atoms with Gasteiger partial charge in [-0.1, -0.05) is 18.2 Å². The number of para-hydroxylation sites is 1. The minimum absolute atomic E-state index is 0.187. The largest absolute Gasteiger partial charge is 0.367 e. The molecule has 0 radical (unpaired) electrons. The number of imide groups is 1. The van der Waals surface area contributed by atoms with Gasteiger partial charge in [0.25, 0.3) is 5.91 Å². The van der Waals surface area contributed by atoms with Gasteiger partial charge in [-0.05, 0) is 42.3 Å². The lowest BCUT2D eigenvalue weighted by Crippen LogP contribution is -2.52. The molecule has 37 heavy (non-hydrogen) atoms. The molecule has 0 spiro atoms. The van der Waals surface area contributed by atoms with E-state index in [1.165, 1.54) is 11.0 Å². The first-order valence-corrected chi connectivity index (χ1v) is 12.5. The molecule has 0 saturated carbocycles. The molecule has 1 aromatic heterocycles. The fourth-order valence-corrected chi connectivity index (χ4v) is 5.37. The van der Waals surface area contributed by atoms with Crippen LogP contribution in [0.2, 0.25) is 0 Å². The fraction of sp³-hybridized carbons (Fsp3) is 0.333. The summed E-state index contributed by atoms with van der Waals surface area (Å²) in [4.78, 5) is 42.5. The quantitative estimate of drug-likeness (QED) is 0.538. The number of aromatic nitrogens is 2. The molecule has 6 rings (SSSR count). The molecule has 3 aliphatic heterocycles. The average Bonchev–Trinajstić information content (AvgIpc) is 3.49. The molecule has 1 atom stereocenters. The number of carbonyl (C=O) groups is 3. The van der Waals surface area contributed by atoms with Crippen molar-refractivity contribution in [1.29, 1.82) is 0 Å². The van der Waals surface area contributed by atoms with Gasteiger partial charge in [0.05, 0.1) is 17.1 Å². The third kappa shape index (κ3) is 4.48. The van der Waals surface area contributed by atoms with Crippen LogP contribution in [0.1, 0.15) is 34.5 Å². The first-order valence-electron chi connectivity index (χ1n) is 12.5. The van der Waals surface area contributed by atoms with Crippen LogP contribution < -0.4 is 10.2 Å². The first-order chi connectivity index (χ1) is 18.0. The fourth-order valence-electron chi connectivity index (χ4n) is 5.37. The van der Waals surface area contributed by atoms with Crippen LogP contribution in [0.3, 0.4) is 0 Å². The zero-order valence-corrected chi connectivity index (χ0v) is 20.3. The number of hydrogen-bond acceptors (Lipinski definition) is 6. The molecule has 9 nitrogen and oxygen atoms in total. The Balaban J connectivity index is 1.10. The predicted octanol–water partition coefficient (Wildman–Crippen LogP) is 2.09. The number of nitrogens with one attached hydrogen (secondary N) is 1. The van der Waals surface area contributed by atoms with E-state index in [1.54, 1.807) is 6.07 Å². The zero-order chi connectivity index (χ0) is 25.5. The van der Waals surface area contributed by atoms with Crippen LogP contribution in [0.25, 0.3) is 5.69 Å². The Morgan fingerprint density at radius 2 is 1.78 bits per heavy atom. The highest BCUT2D eigenvalue weighted by Gasteiger charge is 2.40. The summed E-state index contributed by atoms with van der Waals surface area (Å²) < 4.78 is 17.0. The highest BCUT2D eigenvalue weighted by atomic mass is 19.1. The summed E-state index contributed by atoms with van der Waals surface area (Å²) in [5, 5.41) is 6.98. The monoisotopic (exact) mass is 502 g/mol. The minimum atomic E-state index is -0.710. The Bertz CT molecular complexity index is 1370. The van der Waals surface area contributed by atoms with Gasteiger partial charge in [0, 0.05) is 57.4 Å². The van der Waals surface area contributed by atoms with Crippen molar-refractivity contribution in [1.82, 2.24) is 24.9 Å². The third-order valence-corrected chi connectivity index (χ3v) is 7.35. The number of benzene rings is 2. The Morgan fingerprint density at radius 3 is 2.54 bits per heavy atom. The van der Waals surface area contributed by atoms with Crippen LogP contribution >= 0.6 is 0 Å². The Labute approximate surface area is 213 Å². The molecule has 190 valence electrons. The summed E-state index contributed by atoms with van der Waals surface area (Å²) in [6.07, 6.45) is 2.43. The standard InChI is InChI=1S/C27H27FN6O3/c28-22-15-21-18(16-33(27(21)37)23-6-7-25(35)29-26(23)36)14-24(22)32-12-10-31(11-13-32)17-19-8-9-34(30-19)20-4-2-1-3-5-20/h1-5,8-9,14-15,23H,6-7,10-13,16-17H2,(H,29,35,36). The maximum absolute atomic E-state index is 15.1. The van der Waals surface area contributed by atoms with Crippen molar-refractivity contribution in [2.24, 2.45) is 0 Å². The second kappa shape index (κ2) is 9.44. The molecule has 2 fully saturated rings. The van der Waals surface area contributed by atoms with Gasteiger partial charge in [0.15, 0.2) is 0 Å². The SMILES string of the molecule is O=C1CCC(N2Cc3cc(N4CCN(Cc5ccn(-c6ccccc6)n5)CC4)c(F)cc3C2=O)C(=O)N1. The van der Waals surface area contributed by atoms with Crippen molar-refractivity contribution >= 4 is 23.4 Å². The second-order valence-electron chi connectivity index (χ2n) is 9.71. The number of halogens is 1. The van der Waals surface area contributed by atoms with Crippen molar-refractivity contribution in [2.45, 2.75) is 32.0 Å². The molecule has 4 heterocycles. The van der Waals surface area contributed by atoms with E-state index in [-0.39, 0.29) is 31.2 Å². The highest BCUT2D eigenvalue weighted by Crippen LogP contribution is 2.33. The topological polar surface area (TPSA) is 90.8 Å². The number of carbonyl (C=O) groups excluding carboxylic acids is 3. The maximum atomic E-state index is 15.1. The number of piperazine rings is 1. The van der Waals surface area contributed by atoms with Gasteiger partial charge in [-0.25, -0.2) is 9.07 Å². The molecule has 2 saturated heterocycles. The molecule has 0 aliphatic carbocycles. The predicted molar refractivity (Wildman–Crippen MR) is 133 cm³/mol. The van der Waals surface area contributed by atoms with Crippen LogP contribution in [-0.2, 0) is 22.7 Å². The molecule has 3 aromatic rings. The average molecular weight is 503 g/mol. The minimum Gasteiger partial charge on any atom is -0.367 e. The molecule has 10 heteroatoms. The number of amides is 3. The second-order valence-corrected chi connectivity index (χ2v) is 9.71. The highest BCUT2D eigenvalue weighted by molar-refractivity contribution is 6.05. The van der Waals surface area contributed by atoms with Gasteiger partial charge in [-0.2, -0.15) is 5.10 Å². The number of rotatable bonds is 5. The molecular weight excluding hydrogens is 475 g/mol. The van der Waals surface area contributed by atoms with Gasteiger partial charge in [0.1, 0.15) is 11.9 Å². The molecular formula is C27H27FN6O3. The van der Waals surface area contributed by atoms with E-state index in [2.05, 4.69) is 15.3 Å². The molecule has 3 amide bonds. The van der Waals surface area contributed by atoms with E-state index >= 15 is 4.39 Å². The molecule has 0 bridgehead atoms. The lowest BCUT2D eigenvalue weighted by Gasteiger charge is -2.36. The number of nitrogens with zero attached hydrogens (tertiary/aromatic N) is 5. The molecule has 1 N–H and O–H groups in total. The lowest BCUT2D eigenvalue weighted by atomic mass is 10.0. The summed E-state index contributed by atoms with van der Waals surface area (Å²) in [6.45, 7) is 3.78. The Hall–Kier alpha value is -4.05. The van der Waals surface area contributed by atoms with Gasteiger partial charge in [0.2, 0.25) is 11.8 Å². The van der Waals surface area contributed by atoms with E-state index in [1.807, 2.05) is 52.2 Å². The molecule has 2 aromatic carbocycles. The van der Waals surface area contributed by atoms with Crippen molar-refractivity contribution < 1.29 is 18.8 Å².